The van der Waals surface area contributed by atoms with Gasteiger partial charge in [-0.05, 0) is 20.0 Å². The van der Waals surface area contributed by atoms with Gasteiger partial charge in [-0.3, -0.25) is 4.99 Å². The fourth-order valence-corrected chi connectivity index (χ4v) is 2.68. The molecule has 1 aromatic heterocycles. The van der Waals surface area contributed by atoms with Gasteiger partial charge in [0.2, 0.25) is 5.95 Å². The van der Waals surface area contributed by atoms with Gasteiger partial charge in [-0.2, -0.15) is 0 Å². The predicted molar refractivity (Wildman–Crippen MR) is 101 cm³/mol. The summed E-state index contributed by atoms with van der Waals surface area (Å²) in [5, 5.41) is 3.41. The number of hydrogen-bond donors (Lipinski definition) is 1. The number of likely N-dealkylation sites (N-methyl/N-ethyl adjacent to an activating group) is 1. The first kappa shape index (κ1) is 19.4. The minimum atomic E-state index is 0.754. The van der Waals surface area contributed by atoms with E-state index >= 15 is 0 Å². The van der Waals surface area contributed by atoms with Crippen LogP contribution in [0.5, 0.6) is 0 Å². The van der Waals surface area contributed by atoms with Gasteiger partial charge in [-0.15, -0.1) is 0 Å². The molecule has 25 heavy (non-hydrogen) atoms. The molecule has 1 saturated heterocycles. The molecule has 0 aromatic carbocycles. The second-order valence-electron chi connectivity index (χ2n) is 6.05. The molecule has 8 nitrogen and oxygen atoms in total. The Labute approximate surface area is 150 Å². The molecule has 1 aliphatic rings. The maximum atomic E-state index is 5.11. The van der Waals surface area contributed by atoms with E-state index in [2.05, 4.69) is 44.0 Å². The highest BCUT2D eigenvalue weighted by molar-refractivity contribution is 5.80. The monoisotopic (exact) mass is 349 g/mol. The summed E-state index contributed by atoms with van der Waals surface area (Å²) in [6.45, 7) is 10.0. The van der Waals surface area contributed by atoms with E-state index in [0.717, 1.165) is 70.9 Å². The molecule has 1 fully saturated rings. The van der Waals surface area contributed by atoms with E-state index < -0.39 is 0 Å². The van der Waals surface area contributed by atoms with Gasteiger partial charge in [0.05, 0.1) is 13.2 Å². The number of aliphatic imine (C=N–C) groups is 1. The molecule has 1 aromatic rings. The number of nitrogens with zero attached hydrogens (tertiary/aromatic N) is 6. The fraction of sp³-hybridized carbons (Fsp3) is 0.706. The number of ether oxygens (including phenoxy) is 1. The quantitative estimate of drug-likeness (QED) is 0.529. The highest BCUT2D eigenvalue weighted by atomic mass is 16.5. The van der Waals surface area contributed by atoms with E-state index in [-0.39, 0.29) is 0 Å². The Hall–Kier alpha value is -1.93. The summed E-state index contributed by atoms with van der Waals surface area (Å²) in [7, 11) is 3.83. The van der Waals surface area contributed by atoms with Crippen molar-refractivity contribution in [1.82, 2.24) is 25.1 Å². The summed E-state index contributed by atoms with van der Waals surface area (Å²) in [6, 6.07) is 1.85. The second-order valence-corrected chi connectivity index (χ2v) is 6.05. The Morgan fingerprint density at radius 1 is 1.24 bits per heavy atom. The van der Waals surface area contributed by atoms with Crippen molar-refractivity contribution < 1.29 is 4.74 Å². The highest BCUT2D eigenvalue weighted by Gasteiger charge is 2.20. The van der Waals surface area contributed by atoms with Gasteiger partial charge in [0.15, 0.2) is 5.96 Å². The van der Waals surface area contributed by atoms with Crippen molar-refractivity contribution in [2.24, 2.45) is 4.99 Å². The number of piperazine rings is 1. The molecule has 8 heteroatoms. The maximum Gasteiger partial charge on any atom is 0.225 e. The molecule has 0 spiro atoms. The molecule has 0 bridgehead atoms. The van der Waals surface area contributed by atoms with Crippen LogP contribution < -0.4 is 10.2 Å². The molecule has 1 aliphatic heterocycles. The van der Waals surface area contributed by atoms with Crippen LogP contribution in [0.3, 0.4) is 0 Å². The van der Waals surface area contributed by atoms with Crippen molar-refractivity contribution in [2.75, 3.05) is 78.0 Å². The first-order valence-corrected chi connectivity index (χ1v) is 8.97. The Bertz CT molecular complexity index is 503. The third-order valence-corrected chi connectivity index (χ3v) is 4.17. The first-order chi connectivity index (χ1) is 12.2. The third-order valence-electron chi connectivity index (χ3n) is 4.17. The van der Waals surface area contributed by atoms with Gasteiger partial charge in [-0.1, -0.05) is 0 Å². The highest BCUT2D eigenvalue weighted by Crippen LogP contribution is 2.09. The number of nitrogens with one attached hydrogen (secondary N) is 1. The number of aromatic nitrogens is 2. The predicted octanol–water partition coefficient (Wildman–Crippen LogP) is 0.142. The van der Waals surface area contributed by atoms with Crippen LogP contribution in [0.4, 0.5) is 5.95 Å². The van der Waals surface area contributed by atoms with Crippen molar-refractivity contribution in [3.63, 3.8) is 0 Å². The van der Waals surface area contributed by atoms with Crippen LogP contribution in [0.1, 0.15) is 6.92 Å². The number of hydrogen-bond acceptors (Lipinski definition) is 6. The van der Waals surface area contributed by atoms with Crippen molar-refractivity contribution >= 4 is 11.9 Å². The average Bonchev–Trinajstić information content (AvgIpc) is 2.66. The van der Waals surface area contributed by atoms with E-state index in [9.17, 15) is 0 Å². The third kappa shape index (κ3) is 6.47. The van der Waals surface area contributed by atoms with Crippen molar-refractivity contribution in [3.05, 3.63) is 18.5 Å². The van der Waals surface area contributed by atoms with Crippen molar-refractivity contribution in [1.29, 1.82) is 0 Å². The number of anilines is 1. The lowest BCUT2D eigenvalue weighted by atomic mass is 10.3. The van der Waals surface area contributed by atoms with E-state index in [0.29, 0.717) is 0 Å². The van der Waals surface area contributed by atoms with Crippen LogP contribution in [0.25, 0.3) is 0 Å². The minimum Gasteiger partial charge on any atom is -0.383 e. The van der Waals surface area contributed by atoms with Crippen LogP contribution in [0.15, 0.2) is 23.5 Å². The molecule has 0 aliphatic carbocycles. The molecule has 0 unspecified atom stereocenters. The summed E-state index contributed by atoms with van der Waals surface area (Å²) in [5.41, 5.74) is 0. The van der Waals surface area contributed by atoms with Crippen LogP contribution in [0.2, 0.25) is 0 Å². The van der Waals surface area contributed by atoms with Crippen LogP contribution in [-0.4, -0.2) is 98.8 Å². The first-order valence-electron chi connectivity index (χ1n) is 8.97. The van der Waals surface area contributed by atoms with Crippen LogP contribution >= 0.6 is 0 Å². The molecular weight excluding hydrogens is 318 g/mol. The molecule has 0 amide bonds. The second kappa shape index (κ2) is 10.8. The van der Waals surface area contributed by atoms with Crippen LogP contribution in [0, 0.1) is 0 Å². The smallest absolute Gasteiger partial charge is 0.225 e. The summed E-state index contributed by atoms with van der Waals surface area (Å²) >= 11 is 0. The summed E-state index contributed by atoms with van der Waals surface area (Å²) in [5.74, 6) is 1.81. The zero-order valence-corrected chi connectivity index (χ0v) is 15.7. The van der Waals surface area contributed by atoms with Gasteiger partial charge < -0.3 is 24.8 Å². The fourth-order valence-electron chi connectivity index (χ4n) is 2.68. The molecule has 140 valence electrons. The lowest BCUT2D eigenvalue weighted by Crippen LogP contribution is -2.53. The minimum absolute atomic E-state index is 0.754. The van der Waals surface area contributed by atoms with Crippen molar-refractivity contribution in [2.45, 2.75) is 6.92 Å². The molecular formula is C17H31N7O. The molecule has 0 radical (unpaired) electrons. The normalized spacial score (nSPS) is 15.8. The number of guanidine groups is 1. The molecule has 0 atom stereocenters. The zero-order valence-electron chi connectivity index (χ0n) is 15.7. The molecule has 2 rings (SSSR count). The van der Waals surface area contributed by atoms with Gasteiger partial charge in [0, 0.05) is 65.3 Å². The van der Waals surface area contributed by atoms with E-state index in [1.54, 1.807) is 19.5 Å². The molecule has 0 saturated carbocycles. The largest absolute Gasteiger partial charge is 0.383 e. The lowest BCUT2D eigenvalue weighted by Gasteiger charge is -2.36. The Morgan fingerprint density at radius 2 is 1.96 bits per heavy atom. The average molecular weight is 349 g/mol. The standard InChI is InChI=1S/C17H31N7O/c1-4-18-16(21-8-9-22(2)14-15-25-3)23-10-12-24(13-11-23)17-19-6-5-7-20-17/h5-7H,4,8-15H2,1-3H3,(H,18,21). The zero-order chi connectivity index (χ0) is 17.9. The number of methoxy groups -OCH3 is 1. The maximum absolute atomic E-state index is 5.11. The number of rotatable bonds is 8. The van der Waals surface area contributed by atoms with E-state index in [4.69, 9.17) is 9.73 Å². The topological polar surface area (TPSA) is 69.1 Å². The van der Waals surface area contributed by atoms with E-state index in [1.807, 2.05) is 6.07 Å². The summed E-state index contributed by atoms with van der Waals surface area (Å²) in [6.07, 6.45) is 3.58. The Kier molecular flexibility index (Phi) is 8.41. The van der Waals surface area contributed by atoms with Crippen molar-refractivity contribution in [3.8, 4) is 0 Å². The summed E-state index contributed by atoms with van der Waals surface area (Å²) < 4.78 is 5.11. The van der Waals surface area contributed by atoms with Gasteiger partial charge in [-0.25, -0.2) is 9.97 Å². The Morgan fingerprint density at radius 3 is 2.60 bits per heavy atom. The van der Waals surface area contributed by atoms with E-state index in [1.165, 1.54) is 0 Å². The van der Waals surface area contributed by atoms with Gasteiger partial charge in [0.25, 0.3) is 0 Å². The molecule has 2 heterocycles. The van der Waals surface area contributed by atoms with Gasteiger partial charge >= 0.3 is 0 Å². The Balaban J connectivity index is 1.83. The van der Waals surface area contributed by atoms with Gasteiger partial charge in [0.1, 0.15) is 0 Å². The molecule has 1 N–H and O–H groups in total. The van der Waals surface area contributed by atoms with Crippen LogP contribution in [-0.2, 0) is 4.74 Å². The summed E-state index contributed by atoms with van der Waals surface area (Å²) in [4.78, 5) is 20.2. The SMILES string of the molecule is CCNC(=NCCN(C)CCOC)N1CCN(c2ncccn2)CC1. The lowest BCUT2D eigenvalue weighted by molar-refractivity contribution is 0.163.